The average molecular weight is 322 g/mol. The van der Waals surface area contributed by atoms with E-state index in [4.69, 9.17) is 9.47 Å². The van der Waals surface area contributed by atoms with Gasteiger partial charge >= 0.3 is 0 Å². The summed E-state index contributed by atoms with van der Waals surface area (Å²) in [6.45, 7) is 4.90. The molecule has 4 fully saturated rings. The minimum absolute atomic E-state index is 0.291. The maximum atomic E-state index is 13.0. The number of amides is 1. The molecule has 130 valence electrons. The highest BCUT2D eigenvalue weighted by Gasteiger charge is 2.39. The van der Waals surface area contributed by atoms with Crippen LogP contribution in [-0.2, 0) is 14.3 Å². The van der Waals surface area contributed by atoms with Crippen molar-refractivity contribution in [3.05, 3.63) is 0 Å². The molecule has 5 nitrogen and oxygen atoms in total. The van der Waals surface area contributed by atoms with Crippen molar-refractivity contribution in [2.75, 3.05) is 39.5 Å². The Hall–Kier alpha value is -0.650. The van der Waals surface area contributed by atoms with Crippen LogP contribution >= 0.6 is 0 Å². The number of hydrogen-bond donors (Lipinski definition) is 0. The van der Waals surface area contributed by atoms with Gasteiger partial charge in [-0.05, 0) is 38.0 Å². The van der Waals surface area contributed by atoms with Gasteiger partial charge in [-0.1, -0.05) is 12.8 Å². The molecule has 2 aliphatic carbocycles. The summed E-state index contributed by atoms with van der Waals surface area (Å²) in [5.41, 5.74) is 0. The van der Waals surface area contributed by atoms with Gasteiger partial charge in [0.2, 0.25) is 5.91 Å². The van der Waals surface area contributed by atoms with Gasteiger partial charge < -0.3 is 14.4 Å². The molecule has 5 heteroatoms. The average Bonchev–Trinajstić information content (AvgIpc) is 3.31. The number of rotatable bonds is 5. The fraction of sp³-hybridized carbons (Fsp3) is 0.944. The van der Waals surface area contributed by atoms with E-state index in [9.17, 15) is 4.79 Å². The van der Waals surface area contributed by atoms with E-state index in [-0.39, 0.29) is 0 Å². The molecular weight excluding hydrogens is 292 g/mol. The zero-order valence-corrected chi connectivity index (χ0v) is 14.1. The maximum absolute atomic E-state index is 13.0. The van der Waals surface area contributed by atoms with Gasteiger partial charge in [0.25, 0.3) is 0 Å². The molecular formula is C18H30N2O3. The van der Waals surface area contributed by atoms with Crippen LogP contribution < -0.4 is 0 Å². The van der Waals surface area contributed by atoms with Crippen LogP contribution in [0, 0.1) is 5.92 Å². The third kappa shape index (κ3) is 3.72. The minimum Gasteiger partial charge on any atom is -0.381 e. The van der Waals surface area contributed by atoms with Crippen molar-refractivity contribution in [2.24, 2.45) is 5.92 Å². The first-order valence-electron chi connectivity index (χ1n) is 9.54. The Morgan fingerprint density at radius 1 is 1.09 bits per heavy atom. The van der Waals surface area contributed by atoms with E-state index in [1.165, 1.54) is 25.7 Å². The molecule has 0 aromatic heterocycles. The number of fused-ring (bicyclic) bond motifs is 1. The lowest BCUT2D eigenvalue weighted by Crippen LogP contribution is -2.57. The molecule has 2 saturated carbocycles. The molecule has 0 bridgehead atoms. The predicted molar refractivity (Wildman–Crippen MR) is 87.2 cm³/mol. The zero-order valence-electron chi connectivity index (χ0n) is 14.1. The van der Waals surface area contributed by atoms with Gasteiger partial charge in [0, 0.05) is 25.7 Å². The summed E-state index contributed by atoms with van der Waals surface area (Å²) < 4.78 is 11.4. The lowest BCUT2D eigenvalue weighted by atomic mass is 9.90. The van der Waals surface area contributed by atoms with E-state index in [0.29, 0.717) is 43.2 Å². The molecule has 0 N–H and O–H groups in total. The summed E-state index contributed by atoms with van der Waals surface area (Å²) in [4.78, 5) is 17.6. The highest BCUT2D eigenvalue weighted by molar-refractivity contribution is 5.79. The topological polar surface area (TPSA) is 42.0 Å². The Bertz CT molecular complexity index is 418. The second-order valence-electron chi connectivity index (χ2n) is 7.74. The van der Waals surface area contributed by atoms with Gasteiger partial charge in [0.1, 0.15) is 0 Å². The lowest BCUT2D eigenvalue weighted by Gasteiger charge is -2.44. The standard InChI is InChI=1S/C18H30N2O3/c21-18(20-8-10-23-17-4-2-1-3-16(17)20)12-19(15-5-6-15)11-14-7-9-22-13-14/h14-17H,1-13H2. The van der Waals surface area contributed by atoms with Gasteiger partial charge in [0.05, 0.1) is 31.9 Å². The van der Waals surface area contributed by atoms with Gasteiger partial charge in [-0.3, -0.25) is 9.69 Å². The van der Waals surface area contributed by atoms with Crippen molar-refractivity contribution in [3.63, 3.8) is 0 Å². The second-order valence-corrected chi connectivity index (χ2v) is 7.74. The Labute approximate surface area is 139 Å². The Morgan fingerprint density at radius 2 is 1.96 bits per heavy atom. The van der Waals surface area contributed by atoms with E-state index < -0.39 is 0 Å². The third-order valence-electron chi connectivity index (χ3n) is 5.97. The quantitative estimate of drug-likeness (QED) is 0.772. The van der Waals surface area contributed by atoms with Gasteiger partial charge in [-0.15, -0.1) is 0 Å². The van der Waals surface area contributed by atoms with Crippen molar-refractivity contribution in [1.82, 2.24) is 9.80 Å². The van der Waals surface area contributed by atoms with E-state index in [2.05, 4.69) is 9.80 Å². The molecule has 0 radical (unpaired) electrons. The SMILES string of the molecule is O=C(CN(CC1CCOC1)C1CC1)N1CCOC2CCCCC21. The molecule has 3 atom stereocenters. The fourth-order valence-corrected chi connectivity index (χ4v) is 4.51. The van der Waals surface area contributed by atoms with Crippen molar-refractivity contribution >= 4 is 5.91 Å². The van der Waals surface area contributed by atoms with Gasteiger partial charge in [0.15, 0.2) is 0 Å². The molecule has 23 heavy (non-hydrogen) atoms. The summed E-state index contributed by atoms with van der Waals surface area (Å²) >= 11 is 0. The number of morpholine rings is 1. The Kier molecular flexibility index (Phi) is 4.88. The smallest absolute Gasteiger partial charge is 0.237 e. The molecule has 3 unspecified atom stereocenters. The van der Waals surface area contributed by atoms with Crippen LogP contribution in [0.1, 0.15) is 44.9 Å². The first-order valence-corrected chi connectivity index (χ1v) is 9.54. The number of carbonyl (C=O) groups excluding carboxylic acids is 1. The van der Waals surface area contributed by atoms with Gasteiger partial charge in [-0.2, -0.15) is 0 Å². The largest absolute Gasteiger partial charge is 0.381 e. The first-order chi connectivity index (χ1) is 11.3. The molecule has 2 saturated heterocycles. The van der Waals surface area contributed by atoms with Crippen LogP contribution in [0.2, 0.25) is 0 Å². The molecule has 1 amide bonds. The van der Waals surface area contributed by atoms with Crippen LogP contribution in [0.5, 0.6) is 0 Å². The van der Waals surface area contributed by atoms with Crippen LogP contribution in [-0.4, -0.2) is 73.3 Å². The fourth-order valence-electron chi connectivity index (χ4n) is 4.51. The summed E-state index contributed by atoms with van der Waals surface area (Å²) in [6.07, 6.45) is 8.69. The molecule has 2 heterocycles. The summed E-state index contributed by atoms with van der Waals surface area (Å²) in [5.74, 6) is 0.950. The normalized spacial score (nSPS) is 34.7. The molecule has 0 spiro atoms. The zero-order chi connectivity index (χ0) is 15.6. The number of hydrogen-bond acceptors (Lipinski definition) is 4. The van der Waals surface area contributed by atoms with Crippen LogP contribution in [0.4, 0.5) is 0 Å². The van der Waals surface area contributed by atoms with Crippen molar-refractivity contribution < 1.29 is 14.3 Å². The maximum Gasteiger partial charge on any atom is 0.237 e. The van der Waals surface area contributed by atoms with E-state index in [1.807, 2.05) is 0 Å². The Morgan fingerprint density at radius 3 is 2.74 bits per heavy atom. The summed E-state index contributed by atoms with van der Waals surface area (Å²) in [7, 11) is 0. The van der Waals surface area contributed by atoms with E-state index in [1.54, 1.807) is 0 Å². The predicted octanol–water partition coefficient (Wildman–Crippen LogP) is 1.66. The molecule has 0 aromatic carbocycles. The van der Waals surface area contributed by atoms with Crippen molar-refractivity contribution in [2.45, 2.75) is 63.1 Å². The molecule has 0 aromatic rings. The molecule has 4 rings (SSSR count). The summed E-state index contributed by atoms with van der Waals surface area (Å²) in [6, 6.07) is 0.976. The first kappa shape index (κ1) is 15.9. The third-order valence-corrected chi connectivity index (χ3v) is 5.97. The minimum atomic E-state index is 0.291. The monoisotopic (exact) mass is 322 g/mol. The van der Waals surface area contributed by atoms with Crippen molar-refractivity contribution in [3.8, 4) is 0 Å². The number of ether oxygens (including phenoxy) is 2. The lowest BCUT2D eigenvalue weighted by molar-refractivity contribution is -0.151. The second kappa shape index (κ2) is 7.08. The van der Waals surface area contributed by atoms with Crippen molar-refractivity contribution in [1.29, 1.82) is 0 Å². The van der Waals surface area contributed by atoms with E-state index >= 15 is 0 Å². The highest BCUT2D eigenvalue weighted by Crippen LogP contribution is 2.31. The summed E-state index contributed by atoms with van der Waals surface area (Å²) in [5, 5.41) is 0. The van der Waals surface area contributed by atoms with Crippen LogP contribution in [0.3, 0.4) is 0 Å². The van der Waals surface area contributed by atoms with Crippen LogP contribution in [0.25, 0.3) is 0 Å². The Balaban J connectivity index is 1.36. The van der Waals surface area contributed by atoms with Crippen LogP contribution in [0.15, 0.2) is 0 Å². The number of nitrogens with zero attached hydrogens (tertiary/aromatic N) is 2. The number of carbonyl (C=O) groups is 1. The molecule has 4 aliphatic rings. The van der Waals surface area contributed by atoms with E-state index in [0.717, 1.165) is 45.6 Å². The van der Waals surface area contributed by atoms with Gasteiger partial charge in [-0.25, -0.2) is 0 Å². The highest BCUT2D eigenvalue weighted by atomic mass is 16.5. The molecule has 2 aliphatic heterocycles.